The minimum absolute atomic E-state index is 0.311. The zero-order valence-corrected chi connectivity index (χ0v) is 90.3. The van der Waals surface area contributed by atoms with Crippen molar-refractivity contribution in [3.63, 3.8) is 0 Å². The number of benzene rings is 5. The van der Waals surface area contributed by atoms with E-state index in [-0.39, 0.29) is 0 Å². The number of aryl methyl sites for hydroxylation is 10. The van der Waals surface area contributed by atoms with Crippen molar-refractivity contribution in [1.29, 1.82) is 0 Å². The molecular weight excluding hydrogens is 1710 g/mol. The molecule has 1 aliphatic carbocycles. The second-order valence-electron chi connectivity index (χ2n) is 41.1. The molecule has 0 N–H and O–H groups in total. The van der Waals surface area contributed by atoms with Crippen LogP contribution in [0.25, 0.3) is 56.3 Å². The molecule has 10 heteroatoms. The third kappa shape index (κ3) is 26.5. The van der Waals surface area contributed by atoms with E-state index in [0.29, 0.717) is 11.3 Å². The molecule has 5 aromatic carbocycles. The van der Waals surface area contributed by atoms with Crippen LogP contribution < -0.4 is 44.8 Å². The fourth-order valence-electron chi connectivity index (χ4n) is 17.4. The Morgan fingerprint density at radius 2 is 0.612 bits per heavy atom. The molecule has 624 valence electrons. The zero-order valence-electron chi connectivity index (χ0n) is 79.9. The van der Waals surface area contributed by atoms with Gasteiger partial charge in [0.05, 0.1) is 0 Å². The second-order valence-corrected chi connectivity index (χ2v) is 93.9. The van der Waals surface area contributed by atoms with E-state index in [1.165, 1.54) is 155 Å². The van der Waals surface area contributed by atoms with Crippen molar-refractivity contribution in [3.05, 3.63) is 238 Å². The van der Waals surface area contributed by atoms with Crippen molar-refractivity contribution in [2.75, 3.05) is 0 Å². The molecule has 5 heterocycles. The predicted octanol–water partition coefficient (Wildman–Crippen LogP) is 23.9. The Bertz CT molecular complexity index is 4780. The van der Waals surface area contributed by atoms with E-state index in [0.717, 1.165) is 24.2 Å². The number of hydrogen-bond acceptors (Lipinski definition) is 0. The fourth-order valence-corrected chi connectivity index (χ4v) is 35.4. The van der Waals surface area contributed by atoms with Crippen LogP contribution in [0.4, 0.5) is 0 Å². The molecule has 1 unspecified atom stereocenters. The third-order valence-corrected chi connectivity index (χ3v) is 46.2. The van der Waals surface area contributed by atoms with E-state index in [9.17, 15) is 0 Å². The van der Waals surface area contributed by atoms with Crippen LogP contribution in [-0.2, 0) is 54.5 Å². The SMILES string of the molecule is CCC(C)Cc1cc(-c2ccccc2C)[n+](C)c[c]1[Ge]([CH3])([CH3])[CH3].CCC(CC)Cc1cc(-c2ccccc2C)[n+](C)c[c]1[Ge]([CH3])([CH3])[CH3].CCC(CC)c1cc(-c2ccccc2C)[n+](C)c[c]1[Ge]([CH3])([CH3])[CH3].Cc1ccccc1-c1cc(C2CCCC2)[c]([Ge]([CH3])([CH3])[CH3])c[n+]1C.Cc1ccccc1-c1cc(CC(C)(C)C)[c]([Ge]([CH3])([CH3])[CH3])c[n+]1C. The normalized spacial score (nSPS) is 13.1. The van der Waals surface area contributed by atoms with Crippen LogP contribution in [0.2, 0.25) is 86.3 Å². The summed E-state index contributed by atoms with van der Waals surface area (Å²) in [7, 11) is 11.0. The van der Waals surface area contributed by atoms with Gasteiger partial charge in [-0.3, -0.25) is 0 Å². The summed E-state index contributed by atoms with van der Waals surface area (Å²) in [5.74, 6) is 40.7. The molecule has 5 aromatic heterocycles. The molecule has 0 aliphatic heterocycles. The molecule has 1 aliphatic rings. The molecule has 1 atom stereocenters. The molecule has 5 nitrogen and oxygen atoms in total. The van der Waals surface area contributed by atoms with Crippen molar-refractivity contribution >= 4 is 88.3 Å². The van der Waals surface area contributed by atoms with Gasteiger partial charge in [0.25, 0.3) is 0 Å². The van der Waals surface area contributed by atoms with Gasteiger partial charge in [-0.25, -0.2) is 0 Å². The molecular formula is C106H160Ge5N5+5. The van der Waals surface area contributed by atoms with Crippen molar-refractivity contribution in [2.24, 2.45) is 52.5 Å². The standard InChI is InChI=1S/C22H34GeN.C21H30GeN.3C21H32GeN/c1-8-18(9-2)14-19-15-22(20-13-11-10-12-17(20)3)24(7)16-21(19)23(4,5)6;1-16-10-6-9-13-18(16)21-14-19(17-11-7-8-12-17)20(15-23(21)5)22(2,3)4;1-16-11-9-10-12-18(16)20-13-17(14-21(2,3)4)19(15-23(20)8)22(5,6)7;1-8-16(2)13-18-14-21(19-12-10-9-11-17(19)3)23(7)15-20(18)22(4,5)6;1-8-17(9-2)19-14-21(18-13-11-10-12-16(18)3)23(7)15-20(19)22(4,5)6/h10-13,15-16,18H,8-9,14H2,1-7H3;6,9-10,13-15,17H,7-8,11-12H2,1-5H3;9-13,15H,14H2,1-8H3;9-12,14-16H,8,13H2,1-7H3;10-15,17H,8-9H2,1-7H3/q5*+1. The Morgan fingerprint density at radius 1 is 0.336 bits per heavy atom. The van der Waals surface area contributed by atoms with Crippen molar-refractivity contribution < 1.29 is 22.8 Å². The average molecular weight is 1870 g/mol. The molecule has 0 bridgehead atoms. The summed E-state index contributed by atoms with van der Waals surface area (Å²) >= 11 is -9.44. The first kappa shape index (κ1) is 97.7. The maximum atomic E-state index is 2.53. The fraction of sp³-hybridized carbons (Fsp3) is 0.481. The van der Waals surface area contributed by atoms with Crippen LogP contribution in [0.5, 0.6) is 0 Å². The van der Waals surface area contributed by atoms with Gasteiger partial charge >= 0.3 is 730 Å². The van der Waals surface area contributed by atoms with Gasteiger partial charge in [-0.1, -0.05) is 0 Å². The van der Waals surface area contributed by atoms with Gasteiger partial charge in [0, 0.05) is 0 Å². The molecule has 0 amide bonds. The van der Waals surface area contributed by atoms with Gasteiger partial charge in [-0.15, -0.1) is 0 Å². The van der Waals surface area contributed by atoms with Gasteiger partial charge in [-0.2, -0.15) is 0 Å². The van der Waals surface area contributed by atoms with E-state index >= 15 is 0 Å². The molecule has 10 aromatic rings. The zero-order chi connectivity index (χ0) is 86.3. The summed E-state index contributed by atoms with van der Waals surface area (Å²) in [6.45, 7) is 32.1. The summed E-state index contributed by atoms with van der Waals surface area (Å²) in [5.41, 5.74) is 28.6. The summed E-state index contributed by atoms with van der Waals surface area (Å²) < 4.78 is 20.1. The van der Waals surface area contributed by atoms with E-state index in [2.05, 4.69) is 424 Å². The Kier molecular flexibility index (Phi) is 35.7. The average Bonchev–Trinajstić information content (AvgIpc) is 1.44. The minimum atomic E-state index is -1.90. The first-order chi connectivity index (χ1) is 54.2. The van der Waals surface area contributed by atoms with Crippen LogP contribution in [0.3, 0.4) is 0 Å². The van der Waals surface area contributed by atoms with E-state index in [1.807, 2.05) is 0 Å². The maximum absolute atomic E-state index is 2.53. The van der Waals surface area contributed by atoms with Gasteiger partial charge < -0.3 is 0 Å². The van der Waals surface area contributed by atoms with Gasteiger partial charge in [-0.05, 0) is 0 Å². The number of pyridine rings is 5. The number of aromatic nitrogens is 5. The molecule has 0 radical (unpaired) electrons. The Hall–Kier alpha value is -5.44. The monoisotopic (exact) mass is 1870 g/mol. The van der Waals surface area contributed by atoms with E-state index in [4.69, 9.17) is 0 Å². The summed E-state index contributed by atoms with van der Waals surface area (Å²) in [4.78, 5) is 0. The van der Waals surface area contributed by atoms with Crippen LogP contribution in [-0.4, -0.2) is 66.3 Å². The summed E-state index contributed by atoms with van der Waals surface area (Å²) in [6, 6.07) is 56.1. The van der Waals surface area contributed by atoms with Gasteiger partial charge in [0.2, 0.25) is 0 Å². The molecule has 1 fully saturated rings. The van der Waals surface area contributed by atoms with E-state index < -0.39 is 66.3 Å². The Balaban J connectivity index is 0.000000200. The number of hydrogen-bond donors (Lipinski definition) is 0. The first-order valence-corrected chi connectivity index (χ1v) is 81.4. The molecule has 0 spiro atoms. The first-order valence-electron chi connectivity index (χ1n) is 44.6. The van der Waals surface area contributed by atoms with Crippen LogP contribution in [0.15, 0.2) is 183 Å². The van der Waals surface area contributed by atoms with Crippen LogP contribution >= 0.6 is 0 Å². The second kappa shape index (κ2) is 42.4. The Morgan fingerprint density at radius 3 is 0.905 bits per heavy atom. The Labute approximate surface area is 723 Å². The predicted molar refractivity (Wildman–Crippen MR) is 522 cm³/mol. The van der Waals surface area contributed by atoms with Gasteiger partial charge in [0.1, 0.15) is 0 Å². The van der Waals surface area contributed by atoms with Crippen molar-refractivity contribution in [2.45, 2.75) is 272 Å². The molecule has 0 saturated heterocycles. The van der Waals surface area contributed by atoms with Gasteiger partial charge in [0.15, 0.2) is 0 Å². The quantitative estimate of drug-likeness (QED) is 0.0476. The topological polar surface area (TPSA) is 19.4 Å². The summed E-state index contributed by atoms with van der Waals surface area (Å²) in [6.07, 6.45) is 27.6. The molecule has 1 saturated carbocycles. The van der Waals surface area contributed by atoms with Crippen molar-refractivity contribution in [1.82, 2.24) is 0 Å². The van der Waals surface area contributed by atoms with Crippen LogP contribution in [0.1, 0.15) is 188 Å². The van der Waals surface area contributed by atoms with E-state index in [1.54, 1.807) is 49.8 Å². The van der Waals surface area contributed by atoms with Crippen molar-refractivity contribution in [3.8, 4) is 56.3 Å². The van der Waals surface area contributed by atoms with Crippen LogP contribution in [0, 0.1) is 51.9 Å². The number of nitrogens with zero attached hydrogens (tertiary/aromatic N) is 5. The number of rotatable bonds is 22. The molecule has 116 heavy (non-hydrogen) atoms. The third-order valence-electron chi connectivity index (χ3n) is 24.7. The summed E-state index contributed by atoms with van der Waals surface area (Å²) in [5, 5.41) is 0. The molecule has 11 rings (SSSR count).